The van der Waals surface area contributed by atoms with Gasteiger partial charge in [-0.3, -0.25) is 14.5 Å². The normalized spacial score (nSPS) is 19.1. The summed E-state index contributed by atoms with van der Waals surface area (Å²) in [5, 5.41) is 0. The number of nitrogens with zero attached hydrogens (tertiary/aromatic N) is 1. The molecule has 1 aliphatic rings. The lowest BCUT2D eigenvalue weighted by Gasteiger charge is -2.24. The molecule has 0 aromatic carbocycles. The van der Waals surface area contributed by atoms with E-state index < -0.39 is 0 Å². The number of rotatable bonds is 1. The van der Waals surface area contributed by atoms with Gasteiger partial charge < -0.3 is 0 Å². The van der Waals surface area contributed by atoms with Gasteiger partial charge in [0.15, 0.2) is 0 Å². The number of imide groups is 1. The maximum Gasteiger partial charge on any atom is 0.229 e. The van der Waals surface area contributed by atoms with E-state index in [2.05, 4.69) is 0 Å². The molecule has 12 heavy (non-hydrogen) atoms. The Bertz CT molecular complexity index is 199. The average molecular weight is 169 g/mol. The first-order valence-corrected chi connectivity index (χ1v) is 4.23. The zero-order valence-corrected chi connectivity index (χ0v) is 7.89. The fourth-order valence-corrected chi connectivity index (χ4v) is 1.27. The predicted octanol–water partition coefficient (Wildman–Crippen LogP) is 1.18. The van der Waals surface area contributed by atoms with Crippen molar-refractivity contribution in [2.45, 2.75) is 33.6 Å². The monoisotopic (exact) mass is 169 g/mol. The van der Waals surface area contributed by atoms with Gasteiger partial charge in [0.2, 0.25) is 11.8 Å². The molecule has 1 fully saturated rings. The summed E-state index contributed by atoms with van der Waals surface area (Å²) in [4.78, 5) is 23.7. The molecule has 0 aliphatic carbocycles. The molecular weight excluding hydrogens is 154 g/mol. The second-order valence-electron chi connectivity index (χ2n) is 4.43. The number of carbonyl (C=O) groups excluding carboxylic acids is 2. The SMILES string of the molecule is CC(C)(C)CN1C(=O)CCC1=O. The lowest BCUT2D eigenvalue weighted by molar-refractivity contribution is -0.139. The largest absolute Gasteiger partial charge is 0.282 e. The Balaban J connectivity index is 2.62. The number of likely N-dealkylation sites (tertiary alicyclic amines) is 1. The van der Waals surface area contributed by atoms with Crippen molar-refractivity contribution >= 4 is 11.8 Å². The van der Waals surface area contributed by atoms with E-state index in [0.29, 0.717) is 19.4 Å². The third-order valence-electron chi connectivity index (χ3n) is 1.79. The summed E-state index contributed by atoms with van der Waals surface area (Å²) in [7, 11) is 0. The van der Waals surface area contributed by atoms with Crippen molar-refractivity contribution in [3.05, 3.63) is 0 Å². The highest BCUT2D eigenvalue weighted by atomic mass is 16.2. The number of hydrogen-bond donors (Lipinski definition) is 0. The second-order valence-corrected chi connectivity index (χ2v) is 4.43. The molecule has 0 saturated carbocycles. The van der Waals surface area contributed by atoms with E-state index in [4.69, 9.17) is 0 Å². The average Bonchev–Trinajstić information content (AvgIpc) is 2.16. The van der Waals surface area contributed by atoms with Crippen LogP contribution in [0, 0.1) is 5.41 Å². The topological polar surface area (TPSA) is 37.4 Å². The third-order valence-corrected chi connectivity index (χ3v) is 1.79. The van der Waals surface area contributed by atoms with Crippen LogP contribution in [-0.2, 0) is 9.59 Å². The van der Waals surface area contributed by atoms with E-state index in [1.54, 1.807) is 0 Å². The minimum absolute atomic E-state index is 0.00958. The van der Waals surface area contributed by atoms with Gasteiger partial charge in [-0.15, -0.1) is 0 Å². The molecule has 1 rings (SSSR count). The van der Waals surface area contributed by atoms with Crippen LogP contribution in [0.15, 0.2) is 0 Å². The molecule has 2 amide bonds. The van der Waals surface area contributed by atoms with Crippen molar-refractivity contribution in [2.75, 3.05) is 6.54 Å². The lowest BCUT2D eigenvalue weighted by atomic mass is 9.96. The zero-order valence-electron chi connectivity index (χ0n) is 7.89. The van der Waals surface area contributed by atoms with Gasteiger partial charge in [0.25, 0.3) is 0 Å². The Morgan fingerprint density at radius 3 is 1.92 bits per heavy atom. The molecule has 0 radical (unpaired) electrons. The lowest BCUT2D eigenvalue weighted by Crippen LogP contribution is -2.36. The van der Waals surface area contributed by atoms with E-state index in [1.165, 1.54) is 4.90 Å². The van der Waals surface area contributed by atoms with Crippen molar-refractivity contribution in [3.8, 4) is 0 Å². The van der Waals surface area contributed by atoms with Crippen molar-refractivity contribution in [3.63, 3.8) is 0 Å². The van der Waals surface area contributed by atoms with Crippen molar-refractivity contribution in [2.24, 2.45) is 5.41 Å². The van der Waals surface area contributed by atoms with Crippen LogP contribution in [0.25, 0.3) is 0 Å². The van der Waals surface area contributed by atoms with E-state index in [-0.39, 0.29) is 17.2 Å². The maximum atomic E-state index is 11.2. The van der Waals surface area contributed by atoms with E-state index in [9.17, 15) is 9.59 Å². The first-order valence-electron chi connectivity index (χ1n) is 4.23. The van der Waals surface area contributed by atoms with Gasteiger partial charge in [-0.1, -0.05) is 20.8 Å². The minimum Gasteiger partial charge on any atom is -0.282 e. The van der Waals surface area contributed by atoms with E-state index in [0.717, 1.165) is 0 Å². The van der Waals surface area contributed by atoms with Crippen LogP contribution in [-0.4, -0.2) is 23.3 Å². The Kier molecular flexibility index (Phi) is 2.22. The molecule has 0 atom stereocenters. The Labute approximate surface area is 72.7 Å². The van der Waals surface area contributed by atoms with Crippen molar-refractivity contribution in [1.82, 2.24) is 4.90 Å². The van der Waals surface area contributed by atoms with Crippen LogP contribution in [0.4, 0.5) is 0 Å². The summed E-state index contributed by atoms with van der Waals surface area (Å²) in [6.45, 7) is 6.61. The van der Waals surface area contributed by atoms with Gasteiger partial charge in [0.05, 0.1) is 0 Å². The molecule has 0 aromatic heterocycles. The molecule has 3 heteroatoms. The standard InChI is InChI=1S/C9H15NO2/c1-9(2,3)6-10-7(11)4-5-8(10)12/h4-6H2,1-3H3. The molecule has 3 nitrogen and oxygen atoms in total. The van der Waals surface area contributed by atoms with Crippen LogP contribution >= 0.6 is 0 Å². The van der Waals surface area contributed by atoms with Gasteiger partial charge >= 0.3 is 0 Å². The van der Waals surface area contributed by atoms with Crippen LogP contribution < -0.4 is 0 Å². The predicted molar refractivity (Wildman–Crippen MR) is 45.4 cm³/mol. The molecule has 1 heterocycles. The van der Waals surface area contributed by atoms with Crippen LogP contribution in [0.2, 0.25) is 0 Å². The van der Waals surface area contributed by atoms with Crippen molar-refractivity contribution in [1.29, 1.82) is 0 Å². The summed E-state index contributed by atoms with van der Waals surface area (Å²) < 4.78 is 0. The molecule has 0 N–H and O–H groups in total. The molecule has 0 bridgehead atoms. The highest BCUT2D eigenvalue weighted by Gasteiger charge is 2.31. The minimum atomic E-state index is -0.0186. The van der Waals surface area contributed by atoms with Crippen LogP contribution in [0.1, 0.15) is 33.6 Å². The molecule has 68 valence electrons. The van der Waals surface area contributed by atoms with E-state index in [1.807, 2.05) is 20.8 Å². The highest BCUT2D eigenvalue weighted by Crippen LogP contribution is 2.20. The number of hydrogen-bond acceptors (Lipinski definition) is 2. The summed E-state index contributed by atoms with van der Waals surface area (Å²) in [5.74, 6) is -0.0372. The molecule has 1 aliphatic heterocycles. The van der Waals surface area contributed by atoms with Crippen LogP contribution in [0.3, 0.4) is 0 Å². The first-order chi connectivity index (χ1) is 5.40. The summed E-state index contributed by atoms with van der Waals surface area (Å²) >= 11 is 0. The summed E-state index contributed by atoms with van der Waals surface area (Å²) in [6, 6.07) is 0. The Hall–Kier alpha value is -0.860. The van der Waals surface area contributed by atoms with Gasteiger partial charge in [0, 0.05) is 19.4 Å². The molecule has 0 unspecified atom stereocenters. The molecule has 0 aromatic rings. The zero-order chi connectivity index (χ0) is 9.35. The fraction of sp³-hybridized carbons (Fsp3) is 0.778. The quantitative estimate of drug-likeness (QED) is 0.553. The van der Waals surface area contributed by atoms with Gasteiger partial charge in [-0.05, 0) is 5.41 Å². The Morgan fingerprint density at radius 1 is 1.17 bits per heavy atom. The summed E-state index contributed by atoms with van der Waals surface area (Å²) in [6.07, 6.45) is 0.795. The number of carbonyl (C=O) groups is 2. The second kappa shape index (κ2) is 2.88. The Morgan fingerprint density at radius 2 is 1.58 bits per heavy atom. The molecule has 0 spiro atoms. The van der Waals surface area contributed by atoms with Crippen LogP contribution in [0.5, 0.6) is 0 Å². The third kappa shape index (κ3) is 2.06. The van der Waals surface area contributed by atoms with Gasteiger partial charge in [-0.25, -0.2) is 0 Å². The highest BCUT2D eigenvalue weighted by molar-refractivity contribution is 6.01. The molecular formula is C9H15NO2. The maximum absolute atomic E-state index is 11.2. The number of amides is 2. The van der Waals surface area contributed by atoms with E-state index >= 15 is 0 Å². The first kappa shape index (κ1) is 9.23. The van der Waals surface area contributed by atoms with Gasteiger partial charge in [0.1, 0.15) is 0 Å². The summed E-state index contributed by atoms with van der Waals surface area (Å²) in [5.41, 5.74) is 0.00958. The smallest absolute Gasteiger partial charge is 0.229 e. The fourth-order valence-electron chi connectivity index (χ4n) is 1.27. The van der Waals surface area contributed by atoms with Gasteiger partial charge in [-0.2, -0.15) is 0 Å². The molecule has 1 saturated heterocycles. The van der Waals surface area contributed by atoms with Crippen molar-refractivity contribution < 1.29 is 9.59 Å².